The number of halogens is 2. The lowest BCUT2D eigenvalue weighted by Crippen LogP contribution is -2.00. The van der Waals surface area contributed by atoms with Gasteiger partial charge in [-0.2, -0.15) is 0 Å². The zero-order valence-electron chi connectivity index (χ0n) is 8.95. The molecule has 0 aliphatic heterocycles. The molecule has 79 valence electrons. The Kier molecular flexibility index (Phi) is 8.63. The van der Waals surface area contributed by atoms with Crippen LogP contribution in [0.15, 0.2) is 0 Å². The monoisotopic (exact) mass is 239 g/mol. The average Bonchev–Trinajstić information content (AvgIpc) is 2.00. The lowest BCUT2D eigenvalue weighted by molar-refractivity contribution is 0.449. The van der Waals surface area contributed by atoms with Gasteiger partial charge in [0.15, 0.2) is 0 Å². The molecule has 0 unspecified atom stereocenters. The minimum Gasteiger partial charge on any atom is -0.147 e. The molecule has 0 aromatic heterocycles. The molecule has 0 fully saturated rings. The summed E-state index contributed by atoms with van der Waals surface area (Å²) in [7, 11) is -1.03. The summed E-state index contributed by atoms with van der Waals surface area (Å²) in [5.41, 5.74) is 0. The normalized spacial score (nSPS) is 14.1. The lowest BCUT2D eigenvalue weighted by Gasteiger charge is -2.11. The molecule has 0 heterocycles. The first-order valence-electron chi connectivity index (χ1n) is 5.19. The first-order valence-corrected chi connectivity index (χ1v) is 8.92. The van der Waals surface area contributed by atoms with E-state index in [0.717, 1.165) is 17.9 Å². The fourth-order valence-electron chi connectivity index (χ4n) is 1.37. The van der Waals surface area contributed by atoms with Gasteiger partial charge in [-0.25, -0.2) is 0 Å². The molecule has 13 heavy (non-hydrogen) atoms. The second kappa shape index (κ2) is 8.13. The van der Waals surface area contributed by atoms with Crippen molar-refractivity contribution in [1.82, 2.24) is 0 Å². The highest BCUT2D eigenvalue weighted by Gasteiger charge is 2.08. The van der Waals surface area contributed by atoms with Crippen LogP contribution in [0.1, 0.15) is 46.5 Å². The van der Waals surface area contributed by atoms with E-state index in [1.54, 1.807) is 0 Å². The standard InChI is InChI=1S/C10H21Cl2Si/c1-9(2)5-4-6-10(3)7-8-13(11)12/h9-10H,4-8H2,1-3H3/t10-/m0/s1. The molecule has 0 rings (SSSR count). The molecule has 0 aliphatic carbocycles. The summed E-state index contributed by atoms with van der Waals surface area (Å²) in [6, 6.07) is 1.04. The largest absolute Gasteiger partial charge is 0.273 e. The molecule has 3 heteroatoms. The van der Waals surface area contributed by atoms with Crippen LogP contribution in [-0.4, -0.2) is 7.42 Å². The van der Waals surface area contributed by atoms with Crippen molar-refractivity contribution in [3.8, 4) is 0 Å². The molecule has 0 aromatic carbocycles. The van der Waals surface area contributed by atoms with E-state index >= 15 is 0 Å². The Morgan fingerprint density at radius 2 is 1.62 bits per heavy atom. The smallest absolute Gasteiger partial charge is 0.147 e. The molecule has 0 N–H and O–H groups in total. The molecule has 0 bridgehead atoms. The molecular weight excluding hydrogens is 219 g/mol. The van der Waals surface area contributed by atoms with Crippen LogP contribution in [0, 0.1) is 11.8 Å². The maximum Gasteiger partial charge on any atom is 0.273 e. The van der Waals surface area contributed by atoms with Gasteiger partial charge in [0.2, 0.25) is 0 Å². The predicted octanol–water partition coefficient (Wildman–Crippen LogP) is 4.80. The molecule has 0 saturated carbocycles. The summed E-state index contributed by atoms with van der Waals surface area (Å²) >= 11 is 11.5. The Labute approximate surface area is 94.0 Å². The predicted molar refractivity (Wildman–Crippen MR) is 64.7 cm³/mol. The zero-order chi connectivity index (χ0) is 10.3. The highest BCUT2D eigenvalue weighted by molar-refractivity contribution is 7.33. The van der Waals surface area contributed by atoms with Gasteiger partial charge in [0.05, 0.1) is 0 Å². The van der Waals surface area contributed by atoms with Crippen molar-refractivity contribution in [2.75, 3.05) is 0 Å². The van der Waals surface area contributed by atoms with Gasteiger partial charge in [0.1, 0.15) is 0 Å². The van der Waals surface area contributed by atoms with E-state index in [1.165, 1.54) is 25.7 Å². The van der Waals surface area contributed by atoms with Crippen LogP contribution in [0.25, 0.3) is 0 Å². The third-order valence-electron chi connectivity index (χ3n) is 2.30. The Morgan fingerprint density at radius 1 is 1.00 bits per heavy atom. The van der Waals surface area contributed by atoms with Crippen molar-refractivity contribution < 1.29 is 0 Å². The summed E-state index contributed by atoms with van der Waals surface area (Å²) in [6.45, 7) is 6.87. The average molecular weight is 240 g/mol. The summed E-state index contributed by atoms with van der Waals surface area (Å²) in [4.78, 5) is 0. The van der Waals surface area contributed by atoms with Crippen LogP contribution in [-0.2, 0) is 0 Å². The van der Waals surface area contributed by atoms with Gasteiger partial charge in [-0.05, 0) is 17.9 Å². The second-order valence-electron chi connectivity index (χ2n) is 4.31. The summed E-state index contributed by atoms with van der Waals surface area (Å²) in [5.74, 6) is 1.64. The van der Waals surface area contributed by atoms with Crippen molar-refractivity contribution in [3.05, 3.63) is 0 Å². The van der Waals surface area contributed by atoms with Gasteiger partial charge in [-0.1, -0.05) is 46.5 Å². The molecule has 0 nitrogen and oxygen atoms in total. The zero-order valence-corrected chi connectivity index (χ0v) is 11.5. The fraction of sp³-hybridized carbons (Fsp3) is 1.00. The van der Waals surface area contributed by atoms with Gasteiger partial charge < -0.3 is 0 Å². The molecule has 0 aliphatic rings. The minimum atomic E-state index is -1.03. The van der Waals surface area contributed by atoms with E-state index < -0.39 is 7.42 Å². The van der Waals surface area contributed by atoms with E-state index in [2.05, 4.69) is 20.8 Å². The molecule has 0 spiro atoms. The third kappa shape index (κ3) is 10.7. The van der Waals surface area contributed by atoms with Crippen molar-refractivity contribution in [1.29, 1.82) is 0 Å². The SMILES string of the molecule is CC(C)CCC[C@H](C)CC[Si](Cl)Cl. The second-order valence-corrected chi connectivity index (χ2v) is 8.80. The van der Waals surface area contributed by atoms with Crippen molar-refractivity contribution in [2.45, 2.75) is 52.5 Å². The summed E-state index contributed by atoms with van der Waals surface area (Å²) < 4.78 is 0. The Morgan fingerprint density at radius 3 is 2.08 bits per heavy atom. The third-order valence-corrected chi connectivity index (χ3v) is 4.11. The molecule has 0 amide bonds. The first-order chi connectivity index (χ1) is 6.02. The minimum absolute atomic E-state index is 0.802. The number of hydrogen-bond acceptors (Lipinski definition) is 0. The molecular formula is C10H21Cl2Si. The maximum atomic E-state index is 5.77. The van der Waals surface area contributed by atoms with Gasteiger partial charge in [0.25, 0.3) is 7.42 Å². The van der Waals surface area contributed by atoms with Crippen LogP contribution in [0.2, 0.25) is 6.04 Å². The van der Waals surface area contributed by atoms with E-state index in [-0.39, 0.29) is 0 Å². The molecule has 0 aromatic rings. The van der Waals surface area contributed by atoms with Gasteiger partial charge in [-0.3, -0.25) is 0 Å². The van der Waals surface area contributed by atoms with Crippen LogP contribution in [0.4, 0.5) is 0 Å². The van der Waals surface area contributed by atoms with E-state index in [4.69, 9.17) is 22.2 Å². The topological polar surface area (TPSA) is 0 Å². The van der Waals surface area contributed by atoms with Gasteiger partial charge in [-0.15, -0.1) is 22.2 Å². The highest BCUT2D eigenvalue weighted by atomic mass is 35.7. The molecule has 1 radical (unpaired) electrons. The number of rotatable bonds is 7. The van der Waals surface area contributed by atoms with E-state index in [0.29, 0.717) is 0 Å². The first kappa shape index (κ1) is 13.8. The molecule has 0 saturated heterocycles. The van der Waals surface area contributed by atoms with Crippen molar-refractivity contribution in [3.63, 3.8) is 0 Å². The quantitative estimate of drug-likeness (QED) is 0.442. The fourth-order valence-corrected chi connectivity index (χ4v) is 2.74. The van der Waals surface area contributed by atoms with Crippen LogP contribution in [0.3, 0.4) is 0 Å². The van der Waals surface area contributed by atoms with Crippen LogP contribution >= 0.6 is 22.2 Å². The summed E-state index contributed by atoms with van der Waals surface area (Å²) in [5, 5.41) is 0. The Balaban J connectivity index is 3.25. The summed E-state index contributed by atoms with van der Waals surface area (Å²) in [6.07, 6.45) is 5.25. The Bertz CT molecular complexity index is 115. The molecule has 1 atom stereocenters. The van der Waals surface area contributed by atoms with Gasteiger partial charge in [0, 0.05) is 0 Å². The highest BCUT2D eigenvalue weighted by Crippen LogP contribution is 2.19. The van der Waals surface area contributed by atoms with Crippen LogP contribution < -0.4 is 0 Å². The van der Waals surface area contributed by atoms with Gasteiger partial charge >= 0.3 is 0 Å². The lowest BCUT2D eigenvalue weighted by atomic mass is 9.98. The Hall–Kier alpha value is 0.797. The van der Waals surface area contributed by atoms with Crippen molar-refractivity contribution in [2.24, 2.45) is 11.8 Å². The number of hydrogen-bond donors (Lipinski definition) is 0. The van der Waals surface area contributed by atoms with Crippen LogP contribution in [0.5, 0.6) is 0 Å². The van der Waals surface area contributed by atoms with E-state index in [9.17, 15) is 0 Å². The van der Waals surface area contributed by atoms with Crippen molar-refractivity contribution >= 4 is 29.6 Å². The van der Waals surface area contributed by atoms with E-state index in [1.807, 2.05) is 0 Å². The maximum absolute atomic E-state index is 5.77.